The number of piperidine rings is 1. The first kappa shape index (κ1) is 13.8. The molecule has 1 amide bonds. The maximum Gasteiger partial charge on any atom is 0.236 e. The number of nitrogens with zero attached hydrogens (tertiary/aromatic N) is 1. The quantitative estimate of drug-likeness (QED) is 0.746. The highest BCUT2D eigenvalue weighted by molar-refractivity contribution is 5.78. The number of aliphatic hydroxyl groups excluding tert-OH is 1. The van der Waals surface area contributed by atoms with Crippen molar-refractivity contribution in [2.24, 2.45) is 0 Å². The van der Waals surface area contributed by atoms with Gasteiger partial charge in [0.05, 0.1) is 12.6 Å². The fourth-order valence-corrected chi connectivity index (χ4v) is 3.00. The summed E-state index contributed by atoms with van der Waals surface area (Å²) in [6.07, 6.45) is 8.58. The molecule has 2 atom stereocenters. The lowest BCUT2D eigenvalue weighted by molar-refractivity contribution is -0.131. The Balaban J connectivity index is 1.73. The van der Waals surface area contributed by atoms with Gasteiger partial charge in [0, 0.05) is 19.1 Å². The lowest BCUT2D eigenvalue weighted by atomic mass is 10.1. The zero-order chi connectivity index (χ0) is 12.8. The Morgan fingerprint density at radius 1 is 1.06 bits per heavy atom. The monoisotopic (exact) mass is 254 g/mol. The standard InChI is InChI=1S/C14H26N2O2/c17-13-8-4-1-3-7-12(13)15-11-14(18)16-9-5-2-6-10-16/h12-13,15,17H,1-11H2. The topological polar surface area (TPSA) is 52.6 Å². The predicted molar refractivity (Wildman–Crippen MR) is 71.3 cm³/mol. The van der Waals surface area contributed by atoms with Gasteiger partial charge in [-0.3, -0.25) is 4.79 Å². The molecule has 2 fully saturated rings. The Hall–Kier alpha value is -0.610. The van der Waals surface area contributed by atoms with E-state index in [1.165, 1.54) is 12.8 Å². The first-order valence-electron chi connectivity index (χ1n) is 7.46. The number of carbonyl (C=O) groups is 1. The van der Waals surface area contributed by atoms with Crippen molar-refractivity contribution >= 4 is 5.91 Å². The van der Waals surface area contributed by atoms with Crippen molar-refractivity contribution < 1.29 is 9.90 Å². The van der Waals surface area contributed by atoms with E-state index in [1.807, 2.05) is 4.90 Å². The Kier molecular flexibility index (Phi) is 5.45. The minimum absolute atomic E-state index is 0.112. The first-order valence-corrected chi connectivity index (χ1v) is 7.46. The molecule has 4 heteroatoms. The number of hydrogen-bond acceptors (Lipinski definition) is 3. The molecule has 1 aliphatic carbocycles. The van der Waals surface area contributed by atoms with E-state index in [0.29, 0.717) is 6.54 Å². The molecule has 0 aromatic heterocycles. The molecule has 2 unspecified atom stereocenters. The maximum atomic E-state index is 12.0. The summed E-state index contributed by atoms with van der Waals surface area (Å²) >= 11 is 0. The van der Waals surface area contributed by atoms with Crippen molar-refractivity contribution in [2.75, 3.05) is 19.6 Å². The summed E-state index contributed by atoms with van der Waals surface area (Å²) in [6, 6.07) is 0.112. The minimum atomic E-state index is -0.276. The van der Waals surface area contributed by atoms with E-state index in [9.17, 15) is 9.90 Å². The van der Waals surface area contributed by atoms with Crippen LogP contribution in [0.25, 0.3) is 0 Å². The van der Waals surface area contributed by atoms with Crippen LogP contribution in [0.5, 0.6) is 0 Å². The van der Waals surface area contributed by atoms with Crippen LogP contribution in [0.1, 0.15) is 51.4 Å². The van der Waals surface area contributed by atoms with Gasteiger partial charge in [0.2, 0.25) is 5.91 Å². The Morgan fingerprint density at radius 2 is 1.72 bits per heavy atom. The third kappa shape index (κ3) is 3.95. The van der Waals surface area contributed by atoms with Gasteiger partial charge in [-0.05, 0) is 32.1 Å². The Labute approximate surface area is 110 Å². The normalized spacial score (nSPS) is 29.9. The highest BCUT2D eigenvalue weighted by atomic mass is 16.3. The van der Waals surface area contributed by atoms with Crippen LogP contribution in [0.2, 0.25) is 0 Å². The number of likely N-dealkylation sites (tertiary alicyclic amines) is 1. The smallest absolute Gasteiger partial charge is 0.236 e. The van der Waals surface area contributed by atoms with E-state index < -0.39 is 0 Å². The molecule has 0 radical (unpaired) electrons. The molecule has 0 bridgehead atoms. The summed E-state index contributed by atoms with van der Waals surface area (Å²) < 4.78 is 0. The Bertz CT molecular complexity index is 265. The second kappa shape index (κ2) is 7.10. The summed E-state index contributed by atoms with van der Waals surface area (Å²) in [5.41, 5.74) is 0. The molecule has 0 aromatic carbocycles. The highest BCUT2D eigenvalue weighted by Gasteiger charge is 2.23. The zero-order valence-electron chi connectivity index (χ0n) is 11.2. The molecular formula is C14H26N2O2. The van der Waals surface area contributed by atoms with Gasteiger partial charge in [-0.1, -0.05) is 19.3 Å². The summed E-state index contributed by atoms with van der Waals surface area (Å²) in [7, 11) is 0. The predicted octanol–water partition coefficient (Wildman–Crippen LogP) is 1.28. The number of aliphatic hydroxyl groups is 1. The molecular weight excluding hydrogens is 228 g/mol. The maximum absolute atomic E-state index is 12.0. The van der Waals surface area contributed by atoms with Crippen molar-refractivity contribution in [2.45, 2.75) is 63.5 Å². The fourth-order valence-electron chi connectivity index (χ4n) is 3.00. The van der Waals surface area contributed by atoms with Crippen LogP contribution < -0.4 is 5.32 Å². The van der Waals surface area contributed by atoms with Crippen LogP contribution in [0.4, 0.5) is 0 Å². The van der Waals surface area contributed by atoms with E-state index in [0.717, 1.165) is 51.6 Å². The van der Waals surface area contributed by atoms with Gasteiger partial charge in [-0.2, -0.15) is 0 Å². The SMILES string of the molecule is O=C(CNC1CCCCCC1O)N1CCCCC1. The van der Waals surface area contributed by atoms with E-state index in [4.69, 9.17) is 0 Å². The van der Waals surface area contributed by atoms with Gasteiger partial charge < -0.3 is 15.3 Å². The fraction of sp³-hybridized carbons (Fsp3) is 0.929. The van der Waals surface area contributed by atoms with Crippen molar-refractivity contribution in [1.29, 1.82) is 0 Å². The number of hydrogen-bond donors (Lipinski definition) is 2. The Morgan fingerprint density at radius 3 is 2.50 bits per heavy atom. The largest absolute Gasteiger partial charge is 0.392 e. The van der Waals surface area contributed by atoms with E-state index in [1.54, 1.807) is 0 Å². The van der Waals surface area contributed by atoms with Crippen molar-refractivity contribution in [3.8, 4) is 0 Å². The van der Waals surface area contributed by atoms with Crippen LogP contribution in [0, 0.1) is 0 Å². The average Bonchev–Trinajstić information content (AvgIpc) is 2.62. The number of amides is 1. The van der Waals surface area contributed by atoms with Crippen molar-refractivity contribution in [1.82, 2.24) is 10.2 Å². The first-order chi connectivity index (χ1) is 8.77. The second-order valence-corrected chi connectivity index (χ2v) is 5.63. The molecule has 4 nitrogen and oxygen atoms in total. The molecule has 18 heavy (non-hydrogen) atoms. The summed E-state index contributed by atoms with van der Waals surface area (Å²) in [4.78, 5) is 14.0. The van der Waals surface area contributed by atoms with E-state index >= 15 is 0 Å². The summed E-state index contributed by atoms with van der Waals surface area (Å²) in [5, 5.41) is 13.3. The van der Waals surface area contributed by atoms with Gasteiger partial charge in [-0.15, -0.1) is 0 Å². The average molecular weight is 254 g/mol. The van der Waals surface area contributed by atoms with Crippen LogP contribution in [-0.2, 0) is 4.79 Å². The highest BCUT2D eigenvalue weighted by Crippen LogP contribution is 2.18. The lowest BCUT2D eigenvalue weighted by Gasteiger charge is -2.28. The van der Waals surface area contributed by atoms with Gasteiger partial charge in [0.25, 0.3) is 0 Å². The summed E-state index contributed by atoms with van der Waals surface area (Å²) in [5.74, 6) is 0.200. The molecule has 1 aliphatic heterocycles. The summed E-state index contributed by atoms with van der Waals surface area (Å²) in [6.45, 7) is 2.21. The van der Waals surface area contributed by atoms with E-state index in [-0.39, 0.29) is 18.1 Å². The molecule has 2 rings (SSSR count). The molecule has 0 spiro atoms. The zero-order valence-corrected chi connectivity index (χ0v) is 11.2. The molecule has 1 heterocycles. The molecule has 2 N–H and O–H groups in total. The minimum Gasteiger partial charge on any atom is -0.392 e. The lowest BCUT2D eigenvalue weighted by Crippen LogP contribution is -2.46. The molecule has 2 aliphatic rings. The van der Waals surface area contributed by atoms with Gasteiger partial charge in [-0.25, -0.2) is 0 Å². The van der Waals surface area contributed by atoms with Crippen LogP contribution >= 0.6 is 0 Å². The number of rotatable bonds is 3. The van der Waals surface area contributed by atoms with E-state index in [2.05, 4.69) is 5.32 Å². The molecule has 104 valence electrons. The van der Waals surface area contributed by atoms with Crippen LogP contribution in [-0.4, -0.2) is 47.7 Å². The van der Waals surface area contributed by atoms with Gasteiger partial charge in [0.1, 0.15) is 0 Å². The van der Waals surface area contributed by atoms with Gasteiger partial charge in [0.15, 0.2) is 0 Å². The van der Waals surface area contributed by atoms with Gasteiger partial charge >= 0.3 is 0 Å². The third-order valence-electron chi connectivity index (χ3n) is 4.20. The number of carbonyl (C=O) groups excluding carboxylic acids is 1. The van der Waals surface area contributed by atoms with Crippen molar-refractivity contribution in [3.63, 3.8) is 0 Å². The van der Waals surface area contributed by atoms with Crippen LogP contribution in [0.3, 0.4) is 0 Å². The third-order valence-corrected chi connectivity index (χ3v) is 4.20. The molecule has 1 saturated heterocycles. The van der Waals surface area contributed by atoms with Crippen molar-refractivity contribution in [3.05, 3.63) is 0 Å². The number of nitrogens with one attached hydrogen (secondary N) is 1. The molecule has 0 aromatic rings. The second-order valence-electron chi connectivity index (χ2n) is 5.63. The molecule has 1 saturated carbocycles. The van der Waals surface area contributed by atoms with Crippen LogP contribution in [0.15, 0.2) is 0 Å².